The number of amides is 2. The standard InChI is InChI=1S/C30H37FN3O7P/c1-4-40-42(38,41-5-2)20-39-24-11-12-27-25(16-24)26(21(3)35)18-33(27)19-29(36)34-17-23(31)15-28(34)30(37)32-14-13-22-9-7-6-8-10-22/h6-12,16,18,23,28H,4-5,13-15,17,19-20H2,1-3H3,(H,32,37)/t23-,28+/m1/s1. The highest BCUT2D eigenvalue weighted by molar-refractivity contribution is 7.53. The molecule has 2 amide bonds. The molecule has 226 valence electrons. The van der Waals surface area contributed by atoms with E-state index in [1.54, 1.807) is 42.8 Å². The number of hydrogen-bond donors (Lipinski definition) is 1. The predicted octanol–water partition coefficient (Wildman–Crippen LogP) is 4.74. The van der Waals surface area contributed by atoms with Gasteiger partial charge in [0.15, 0.2) is 12.1 Å². The van der Waals surface area contributed by atoms with Crippen LogP contribution in [0.4, 0.5) is 4.39 Å². The summed E-state index contributed by atoms with van der Waals surface area (Å²) in [5, 5.41) is 3.37. The molecule has 10 nitrogen and oxygen atoms in total. The molecule has 4 rings (SSSR count). The highest BCUT2D eigenvalue weighted by Crippen LogP contribution is 2.48. The molecular formula is C30H37FN3O7P. The van der Waals surface area contributed by atoms with Crippen molar-refractivity contribution in [2.45, 2.75) is 52.4 Å². The number of nitrogens with one attached hydrogen (secondary N) is 1. The van der Waals surface area contributed by atoms with Crippen LogP contribution in [-0.4, -0.2) is 71.9 Å². The van der Waals surface area contributed by atoms with E-state index in [0.29, 0.717) is 35.2 Å². The number of carbonyl (C=O) groups is 3. The summed E-state index contributed by atoms with van der Waals surface area (Å²) in [5.41, 5.74) is 2.01. The Morgan fingerprint density at radius 1 is 1.07 bits per heavy atom. The molecule has 1 N–H and O–H groups in total. The fraction of sp³-hybridized carbons (Fsp3) is 0.433. The van der Waals surface area contributed by atoms with Gasteiger partial charge in [0.1, 0.15) is 24.5 Å². The van der Waals surface area contributed by atoms with Gasteiger partial charge in [0, 0.05) is 35.6 Å². The quantitative estimate of drug-likeness (QED) is 0.210. The molecule has 1 aromatic heterocycles. The number of ketones is 1. The van der Waals surface area contributed by atoms with E-state index in [1.165, 1.54) is 11.8 Å². The van der Waals surface area contributed by atoms with E-state index in [2.05, 4.69) is 5.32 Å². The van der Waals surface area contributed by atoms with Crippen molar-refractivity contribution in [3.05, 3.63) is 65.9 Å². The van der Waals surface area contributed by atoms with Crippen LogP contribution < -0.4 is 10.1 Å². The summed E-state index contributed by atoms with van der Waals surface area (Å²) in [5.74, 6) is -0.696. The Kier molecular flexibility index (Phi) is 10.5. The lowest BCUT2D eigenvalue weighted by molar-refractivity contribution is -0.138. The molecule has 0 unspecified atom stereocenters. The topological polar surface area (TPSA) is 116 Å². The van der Waals surface area contributed by atoms with Crippen LogP contribution in [0.3, 0.4) is 0 Å². The zero-order valence-electron chi connectivity index (χ0n) is 24.1. The summed E-state index contributed by atoms with van der Waals surface area (Å²) in [6.07, 6.45) is 0.510. The van der Waals surface area contributed by atoms with Crippen LogP contribution in [0.25, 0.3) is 10.9 Å². The summed E-state index contributed by atoms with van der Waals surface area (Å²) in [6.45, 7) is 5.23. The Balaban J connectivity index is 1.47. The zero-order valence-corrected chi connectivity index (χ0v) is 25.0. The number of likely N-dealkylation sites (tertiary alicyclic amines) is 1. The van der Waals surface area contributed by atoms with Crippen LogP contribution >= 0.6 is 7.60 Å². The van der Waals surface area contributed by atoms with Gasteiger partial charge in [0.05, 0.1) is 19.8 Å². The van der Waals surface area contributed by atoms with Gasteiger partial charge >= 0.3 is 7.60 Å². The van der Waals surface area contributed by atoms with E-state index in [9.17, 15) is 23.3 Å². The van der Waals surface area contributed by atoms with Crippen molar-refractivity contribution in [1.29, 1.82) is 0 Å². The highest BCUT2D eigenvalue weighted by Gasteiger charge is 2.39. The highest BCUT2D eigenvalue weighted by atomic mass is 31.2. The number of alkyl halides is 1. The third-order valence-corrected chi connectivity index (χ3v) is 8.76. The number of Topliss-reactive ketones (excluding diaryl/α,β-unsaturated/α-hetero) is 1. The second-order valence-corrected chi connectivity index (χ2v) is 12.0. The van der Waals surface area contributed by atoms with Crippen LogP contribution in [0, 0.1) is 0 Å². The van der Waals surface area contributed by atoms with Gasteiger partial charge in [0.2, 0.25) is 11.8 Å². The van der Waals surface area contributed by atoms with E-state index in [-0.39, 0.29) is 50.8 Å². The fourth-order valence-electron chi connectivity index (χ4n) is 5.07. The monoisotopic (exact) mass is 601 g/mol. The third kappa shape index (κ3) is 7.65. The molecule has 1 fully saturated rings. The summed E-state index contributed by atoms with van der Waals surface area (Å²) < 4.78 is 45.1. The number of rotatable bonds is 14. The number of benzene rings is 2. The maximum absolute atomic E-state index is 14.5. The Morgan fingerprint density at radius 3 is 2.45 bits per heavy atom. The summed E-state index contributed by atoms with van der Waals surface area (Å²) >= 11 is 0. The second kappa shape index (κ2) is 14.1. The molecule has 42 heavy (non-hydrogen) atoms. The van der Waals surface area contributed by atoms with Gasteiger partial charge in [-0.15, -0.1) is 0 Å². The van der Waals surface area contributed by atoms with Gasteiger partial charge in [-0.1, -0.05) is 30.3 Å². The van der Waals surface area contributed by atoms with Crippen LogP contribution in [0.15, 0.2) is 54.7 Å². The third-order valence-electron chi connectivity index (χ3n) is 7.01. The molecular weight excluding hydrogens is 564 g/mol. The first-order valence-electron chi connectivity index (χ1n) is 14.0. The number of ether oxygens (including phenoxy) is 1. The average molecular weight is 602 g/mol. The Bertz CT molecular complexity index is 1450. The van der Waals surface area contributed by atoms with Crippen LogP contribution in [0.5, 0.6) is 5.75 Å². The van der Waals surface area contributed by atoms with Gasteiger partial charge in [-0.3, -0.25) is 18.9 Å². The summed E-state index contributed by atoms with van der Waals surface area (Å²) in [7, 11) is -3.45. The van der Waals surface area contributed by atoms with E-state index in [4.69, 9.17) is 13.8 Å². The van der Waals surface area contributed by atoms with Crippen molar-refractivity contribution in [1.82, 2.24) is 14.8 Å². The van der Waals surface area contributed by atoms with E-state index < -0.39 is 25.7 Å². The van der Waals surface area contributed by atoms with Gasteiger partial charge in [0.25, 0.3) is 0 Å². The fourth-order valence-corrected chi connectivity index (χ4v) is 6.39. The molecule has 3 aromatic rings. The van der Waals surface area contributed by atoms with Gasteiger partial charge in [-0.25, -0.2) is 4.39 Å². The number of halogens is 1. The molecule has 1 aliphatic heterocycles. The first kappa shape index (κ1) is 31.4. The number of hydrogen-bond acceptors (Lipinski definition) is 7. The molecule has 1 saturated heterocycles. The van der Waals surface area contributed by atoms with Crippen molar-refractivity contribution >= 4 is 36.1 Å². The molecule has 2 heterocycles. The van der Waals surface area contributed by atoms with Crippen molar-refractivity contribution in [2.24, 2.45) is 0 Å². The molecule has 0 radical (unpaired) electrons. The lowest BCUT2D eigenvalue weighted by Gasteiger charge is -2.24. The van der Waals surface area contributed by atoms with Crippen molar-refractivity contribution < 1.29 is 37.1 Å². The van der Waals surface area contributed by atoms with Crippen molar-refractivity contribution in [3.8, 4) is 5.75 Å². The van der Waals surface area contributed by atoms with Gasteiger partial charge < -0.3 is 28.6 Å². The lowest BCUT2D eigenvalue weighted by atomic mass is 10.1. The van der Waals surface area contributed by atoms with E-state index >= 15 is 0 Å². The SMILES string of the molecule is CCOP(=O)(COc1ccc2c(c1)c(C(C)=O)cn2CC(=O)N1C[C@H](F)C[C@H]1C(=O)NCCc1ccccc1)OCC. The largest absolute Gasteiger partial charge is 0.481 e. The first-order chi connectivity index (χ1) is 20.1. The maximum Gasteiger partial charge on any atom is 0.367 e. The lowest BCUT2D eigenvalue weighted by Crippen LogP contribution is -2.47. The minimum atomic E-state index is -3.45. The molecule has 2 aromatic carbocycles. The Morgan fingerprint density at radius 2 is 1.79 bits per heavy atom. The van der Waals surface area contributed by atoms with E-state index in [0.717, 1.165) is 5.56 Å². The summed E-state index contributed by atoms with van der Waals surface area (Å²) in [6, 6.07) is 13.7. The van der Waals surface area contributed by atoms with Crippen molar-refractivity contribution in [3.63, 3.8) is 0 Å². The maximum atomic E-state index is 14.5. The smallest absolute Gasteiger partial charge is 0.367 e. The number of fused-ring (bicyclic) bond motifs is 1. The minimum absolute atomic E-state index is 0.0674. The van der Waals surface area contributed by atoms with Crippen molar-refractivity contribution in [2.75, 3.05) is 32.7 Å². The number of aromatic nitrogens is 1. The normalized spacial score (nSPS) is 17.0. The average Bonchev–Trinajstić information content (AvgIpc) is 3.53. The van der Waals surface area contributed by atoms with E-state index in [1.807, 2.05) is 30.3 Å². The second-order valence-electron chi connectivity index (χ2n) is 10.0. The van der Waals surface area contributed by atoms with Crippen LogP contribution in [-0.2, 0) is 36.2 Å². The molecule has 0 spiro atoms. The molecule has 2 atom stereocenters. The summed E-state index contributed by atoms with van der Waals surface area (Å²) in [4.78, 5) is 40.1. The molecule has 1 aliphatic rings. The molecule has 0 bridgehead atoms. The Hall–Kier alpha value is -3.53. The molecule has 0 saturated carbocycles. The predicted molar refractivity (Wildman–Crippen MR) is 156 cm³/mol. The van der Waals surface area contributed by atoms with Gasteiger partial charge in [-0.2, -0.15) is 0 Å². The Labute approximate surface area is 244 Å². The zero-order chi connectivity index (χ0) is 30.3. The number of carbonyl (C=O) groups excluding carboxylic acids is 3. The molecule has 0 aliphatic carbocycles. The van der Waals surface area contributed by atoms with Crippen LogP contribution in [0.2, 0.25) is 0 Å². The van der Waals surface area contributed by atoms with Crippen LogP contribution in [0.1, 0.15) is 43.1 Å². The van der Waals surface area contributed by atoms with Gasteiger partial charge in [-0.05, 0) is 51.0 Å². The number of nitrogens with zero attached hydrogens (tertiary/aromatic N) is 2. The minimum Gasteiger partial charge on any atom is -0.481 e. The molecule has 12 heteroatoms. The first-order valence-corrected chi connectivity index (χ1v) is 15.8.